The van der Waals surface area contributed by atoms with E-state index in [-0.39, 0.29) is 18.5 Å². The molecule has 0 aromatic rings. The van der Waals surface area contributed by atoms with Crippen LogP contribution in [0.4, 0.5) is 0 Å². The first-order chi connectivity index (χ1) is 16.6. The Balaban J connectivity index is 3.39. The van der Waals surface area contributed by atoms with Gasteiger partial charge in [-0.3, -0.25) is 9.59 Å². The Morgan fingerprint density at radius 3 is 1.74 bits per heavy atom. The molecule has 194 valence electrons. The minimum absolute atomic E-state index is 0.131. The summed E-state index contributed by atoms with van der Waals surface area (Å²) in [7, 11) is 0. The molecule has 0 rings (SSSR count). The van der Waals surface area contributed by atoms with Crippen LogP contribution in [0.5, 0.6) is 0 Å². The Labute approximate surface area is 209 Å². The average Bonchev–Trinajstić information content (AvgIpc) is 2.79. The van der Waals surface area contributed by atoms with Crippen LogP contribution in [-0.2, 0) is 14.3 Å². The lowest BCUT2D eigenvalue weighted by Gasteiger charge is -2.12. The summed E-state index contributed by atoms with van der Waals surface area (Å²) in [5.41, 5.74) is 0. The monoisotopic (exact) mass is 474 g/mol. The van der Waals surface area contributed by atoms with Crippen molar-refractivity contribution in [2.24, 2.45) is 0 Å². The van der Waals surface area contributed by atoms with E-state index in [1.54, 1.807) is 0 Å². The molecule has 0 aliphatic heterocycles. The van der Waals surface area contributed by atoms with Crippen LogP contribution in [0.15, 0.2) is 48.6 Å². The fourth-order valence-electron chi connectivity index (χ4n) is 3.57. The van der Waals surface area contributed by atoms with Crippen molar-refractivity contribution in [1.29, 1.82) is 0 Å². The second-order valence-electron chi connectivity index (χ2n) is 8.95. The van der Waals surface area contributed by atoms with Gasteiger partial charge in [0.15, 0.2) is 0 Å². The van der Waals surface area contributed by atoms with Gasteiger partial charge >= 0.3 is 11.9 Å². The maximum atomic E-state index is 11.8. The van der Waals surface area contributed by atoms with Crippen molar-refractivity contribution in [3.05, 3.63) is 48.6 Å². The normalized spacial score (nSPS) is 13.0. The highest BCUT2D eigenvalue weighted by atomic mass is 16.5. The summed E-state index contributed by atoms with van der Waals surface area (Å²) < 4.78 is 5.33. The Bertz CT molecular complexity index is 601. The van der Waals surface area contributed by atoms with Gasteiger partial charge in [0.05, 0.1) is 6.10 Å². The summed E-state index contributed by atoms with van der Waals surface area (Å²) in [6, 6.07) is 0. The van der Waals surface area contributed by atoms with Crippen LogP contribution in [0.1, 0.15) is 123 Å². The summed E-state index contributed by atoms with van der Waals surface area (Å²) in [6.07, 6.45) is 34.4. The molecule has 0 fully saturated rings. The number of hydrogen-bond donors (Lipinski definition) is 1. The number of carbonyl (C=O) groups is 2. The molecule has 4 nitrogen and oxygen atoms in total. The van der Waals surface area contributed by atoms with Crippen LogP contribution in [0.25, 0.3) is 0 Å². The maximum Gasteiger partial charge on any atom is 0.306 e. The molecule has 4 heteroatoms. The van der Waals surface area contributed by atoms with Crippen molar-refractivity contribution >= 4 is 11.9 Å². The Morgan fingerprint density at radius 2 is 1.18 bits per heavy atom. The van der Waals surface area contributed by atoms with Crippen LogP contribution in [0.2, 0.25) is 0 Å². The summed E-state index contributed by atoms with van der Waals surface area (Å²) in [4.78, 5) is 22.3. The Kier molecular flexibility index (Phi) is 23.9. The zero-order valence-corrected chi connectivity index (χ0v) is 21.9. The van der Waals surface area contributed by atoms with Crippen LogP contribution in [-0.4, -0.2) is 23.1 Å². The highest BCUT2D eigenvalue weighted by molar-refractivity contribution is 5.69. The van der Waals surface area contributed by atoms with Gasteiger partial charge in [0.25, 0.3) is 0 Å². The van der Waals surface area contributed by atoms with Crippen LogP contribution in [0, 0.1) is 0 Å². The minimum atomic E-state index is -0.802. The highest BCUT2D eigenvalue weighted by Crippen LogP contribution is 2.12. The number of unbranched alkanes of at least 4 members (excludes halogenated alkanes) is 8. The number of allylic oxidation sites excluding steroid dienone is 8. The summed E-state index contributed by atoms with van der Waals surface area (Å²) in [5, 5.41) is 8.63. The number of rotatable bonds is 23. The smallest absolute Gasteiger partial charge is 0.306 e. The lowest BCUT2D eigenvalue weighted by molar-refractivity contribution is -0.148. The quantitative estimate of drug-likeness (QED) is 0.0912. The minimum Gasteiger partial charge on any atom is -0.481 e. The molecule has 0 amide bonds. The molecular weight excluding hydrogens is 424 g/mol. The topological polar surface area (TPSA) is 63.6 Å². The summed E-state index contributed by atoms with van der Waals surface area (Å²) >= 11 is 0. The SMILES string of the molecule is CC/C=C\C/C=C\C/C=C\C/C=C\CCCCCCCCCCC(=O)OC(C)CCCC(=O)O. The van der Waals surface area contributed by atoms with Crippen LogP contribution < -0.4 is 0 Å². The van der Waals surface area contributed by atoms with Gasteiger partial charge in [-0.25, -0.2) is 0 Å². The van der Waals surface area contributed by atoms with E-state index in [2.05, 4.69) is 55.5 Å². The molecule has 1 atom stereocenters. The van der Waals surface area contributed by atoms with E-state index in [0.717, 1.165) is 38.5 Å². The molecule has 0 bridgehead atoms. The summed E-state index contributed by atoms with van der Waals surface area (Å²) in [6.45, 7) is 3.99. The van der Waals surface area contributed by atoms with Crippen LogP contribution >= 0.6 is 0 Å². The molecule has 0 radical (unpaired) electrons. The Hall–Kier alpha value is -2.10. The van der Waals surface area contributed by atoms with E-state index < -0.39 is 5.97 Å². The zero-order chi connectivity index (χ0) is 25.1. The first-order valence-electron chi connectivity index (χ1n) is 13.6. The average molecular weight is 475 g/mol. The molecule has 0 aliphatic carbocycles. The van der Waals surface area contributed by atoms with Crippen molar-refractivity contribution in [2.45, 2.75) is 129 Å². The number of aliphatic carboxylic acids is 1. The Morgan fingerprint density at radius 1 is 0.676 bits per heavy atom. The number of ether oxygens (including phenoxy) is 1. The van der Waals surface area contributed by atoms with E-state index in [0.29, 0.717) is 19.3 Å². The van der Waals surface area contributed by atoms with Crippen molar-refractivity contribution in [3.8, 4) is 0 Å². The number of esters is 1. The van der Waals surface area contributed by atoms with E-state index in [4.69, 9.17) is 9.84 Å². The number of carbonyl (C=O) groups excluding carboxylic acids is 1. The molecule has 0 aliphatic rings. The lowest BCUT2D eigenvalue weighted by atomic mass is 10.1. The van der Waals surface area contributed by atoms with Gasteiger partial charge in [0.1, 0.15) is 0 Å². The summed E-state index contributed by atoms with van der Waals surface area (Å²) in [5.74, 6) is -0.956. The molecule has 0 aromatic heterocycles. The van der Waals surface area contributed by atoms with Crippen molar-refractivity contribution in [1.82, 2.24) is 0 Å². The molecule has 0 saturated carbocycles. The molecule has 0 heterocycles. The maximum absolute atomic E-state index is 11.8. The molecule has 0 aromatic carbocycles. The van der Waals surface area contributed by atoms with Gasteiger partial charge in [-0.15, -0.1) is 0 Å². The predicted molar refractivity (Wildman–Crippen MR) is 144 cm³/mol. The second-order valence-corrected chi connectivity index (χ2v) is 8.95. The van der Waals surface area contributed by atoms with Crippen LogP contribution in [0.3, 0.4) is 0 Å². The second kappa shape index (κ2) is 25.5. The van der Waals surface area contributed by atoms with E-state index in [9.17, 15) is 9.59 Å². The van der Waals surface area contributed by atoms with E-state index in [1.165, 1.54) is 44.9 Å². The van der Waals surface area contributed by atoms with Gasteiger partial charge in [0, 0.05) is 12.8 Å². The first-order valence-corrected chi connectivity index (χ1v) is 13.6. The van der Waals surface area contributed by atoms with Gasteiger partial charge in [0.2, 0.25) is 0 Å². The first kappa shape index (κ1) is 31.9. The molecule has 34 heavy (non-hydrogen) atoms. The molecule has 1 unspecified atom stereocenters. The van der Waals surface area contributed by atoms with E-state index in [1.807, 2.05) is 6.92 Å². The van der Waals surface area contributed by atoms with Crippen molar-refractivity contribution in [3.63, 3.8) is 0 Å². The van der Waals surface area contributed by atoms with Gasteiger partial charge in [-0.05, 0) is 64.7 Å². The van der Waals surface area contributed by atoms with Crippen molar-refractivity contribution < 1.29 is 19.4 Å². The molecule has 0 spiro atoms. The van der Waals surface area contributed by atoms with Gasteiger partial charge in [-0.1, -0.05) is 94.1 Å². The standard InChI is InChI=1S/C30H50O4/c1-3-4-5-6-7-8-9-10-11-12-13-14-15-16-17-18-19-20-21-22-23-27-30(33)34-28(2)25-24-26-29(31)32/h4-5,7-8,10-11,13-14,28H,3,6,9,12,15-27H2,1-2H3,(H,31,32)/b5-4-,8-7-,11-10-,14-13-. The largest absolute Gasteiger partial charge is 0.481 e. The van der Waals surface area contributed by atoms with Gasteiger partial charge < -0.3 is 9.84 Å². The fourth-order valence-corrected chi connectivity index (χ4v) is 3.57. The number of hydrogen-bond acceptors (Lipinski definition) is 3. The zero-order valence-electron chi connectivity index (χ0n) is 21.9. The number of carboxylic acid groups (broad SMARTS) is 1. The molecule has 1 N–H and O–H groups in total. The number of carboxylic acids is 1. The third-order valence-electron chi connectivity index (χ3n) is 5.55. The van der Waals surface area contributed by atoms with Gasteiger partial charge in [-0.2, -0.15) is 0 Å². The fraction of sp³-hybridized carbons (Fsp3) is 0.667. The molecule has 0 saturated heterocycles. The third-order valence-corrected chi connectivity index (χ3v) is 5.55. The highest BCUT2D eigenvalue weighted by Gasteiger charge is 2.10. The predicted octanol–water partition coefficient (Wildman–Crippen LogP) is 8.88. The molecular formula is C30H50O4. The van der Waals surface area contributed by atoms with Crippen molar-refractivity contribution in [2.75, 3.05) is 0 Å². The third kappa shape index (κ3) is 26.2. The van der Waals surface area contributed by atoms with E-state index >= 15 is 0 Å². The lowest BCUT2D eigenvalue weighted by Crippen LogP contribution is -2.15.